The summed E-state index contributed by atoms with van der Waals surface area (Å²) in [5.41, 5.74) is 7.32. The van der Waals surface area contributed by atoms with Crippen LogP contribution < -0.4 is 15.8 Å². The molecule has 28 heavy (non-hydrogen) atoms. The van der Waals surface area contributed by atoms with Crippen molar-refractivity contribution in [2.75, 3.05) is 26.9 Å². The maximum atomic E-state index is 11.9. The Morgan fingerprint density at radius 1 is 1.04 bits per heavy atom. The van der Waals surface area contributed by atoms with Gasteiger partial charge in [0.25, 0.3) is 0 Å². The Balaban J connectivity index is 1.89. The SMILES string of the molecule is COCCOCC(=O)N[C@@H](Cc1cccc(OCc2ccccc2)c1)C(N)=O. The molecule has 0 saturated heterocycles. The van der Waals surface area contributed by atoms with Crippen LogP contribution in [-0.4, -0.2) is 44.8 Å². The highest BCUT2D eigenvalue weighted by molar-refractivity contribution is 5.87. The average molecular weight is 386 g/mol. The minimum atomic E-state index is -0.831. The second kappa shape index (κ2) is 11.7. The number of rotatable bonds is 12. The molecule has 0 unspecified atom stereocenters. The third kappa shape index (κ3) is 7.77. The zero-order valence-electron chi connectivity index (χ0n) is 15.9. The van der Waals surface area contributed by atoms with Crippen molar-refractivity contribution in [3.63, 3.8) is 0 Å². The van der Waals surface area contributed by atoms with Crippen LogP contribution in [0.15, 0.2) is 54.6 Å². The molecule has 0 aromatic heterocycles. The molecule has 0 aliphatic carbocycles. The summed E-state index contributed by atoms with van der Waals surface area (Å²) in [5.74, 6) is -0.337. The third-order valence-electron chi connectivity index (χ3n) is 3.93. The quantitative estimate of drug-likeness (QED) is 0.538. The smallest absolute Gasteiger partial charge is 0.246 e. The Kier molecular flexibility index (Phi) is 8.97. The number of carbonyl (C=O) groups is 2. The molecule has 1 atom stereocenters. The Labute approximate surface area is 164 Å². The fourth-order valence-electron chi connectivity index (χ4n) is 2.50. The minimum Gasteiger partial charge on any atom is -0.489 e. The van der Waals surface area contributed by atoms with Gasteiger partial charge >= 0.3 is 0 Å². The maximum Gasteiger partial charge on any atom is 0.246 e. The van der Waals surface area contributed by atoms with Crippen molar-refractivity contribution >= 4 is 11.8 Å². The molecular formula is C21H26N2O5. The van der Waals surface area contributed by atoms with Gasteiger partial charge < -0.3 is 25.3 Å². The summed E-state index contributed by atoms with van der Waals surface area (Å²) in [6.07, 6.45) is 0.266. The topological polar surface area (TPSA) is 99.9 Å². The first-order valence-electron chi connectivity index (χ1n) is 8.99. The molecule has 7 heteroatoms. The van der Waals surface area contributed by atoms with E-state index in [4.69, 9.17) is 19.9 Å². The molecule has 2 amide bonds. The van der Waals surface area contributed by atoms with Crippen LogP contribution in [0.5, 0.6) is 5.75 Å². The van der Waals surface area contributed by atoms with Crippen LogP contribution in [0.1, 0.15) is 11.1 Å². The first kappa shape index (κ1) is 21.4. The van der Waals surface area contributed by atoms with Gasteiger partial charge in [0.2, 0.25) is 11.8 Å². The molecule has 0 spiro atoms. The summed E-state index contributed by atoms with van der Waals surface area (Å²) in [4.78, 5) is 23.7. The number of primary amides is 1. The third-order valence-corrected chi connectivity index (χ3v) is 3.93. The molecule has 150 valence electrons. The van der Waals surface area contributed by atoms with Crippen LogP contribution in [0.3, 0.4) is 0 Å². The van der Waals surface area contributed by atoms with Crippen LogP contribution in [0, 0.1) is 0 Å². The predicted octanol–water partition coefficient (Wildman–Crippen LogP) is 1.44. The predicted molar refractivity (Wildman–Crippen MR) is 105 cm³/mol. The van der Waals surface area contributed by atoms with Crippen molar-refractivity contribution in [2.45, 2.75) is 19.1 Å². The Bertz CT molecular complexity index is 751. The van der Waals surface area contributed by atoms with Gasteiger partial charge in [0, 0.05) is 13.5 Å². The van der Waals surface area contributed by atoms with Gasteiger partial charge in [0.05, 0.1) is 13.2 Å². The van der Waals surface area contributed by atoms with Crippen LogP contribution in [0.2, 0.25) is 0 Å². The highest BCUT2D eigenvalue weighted by Crippen LogP contribution is 2.16. The van der Waals surface area contributed by atoms with Crippen LogP contribution in [-0.2, 0) is 32.1 Å². The molecule has 2 aromatic rings. The van der Waals surface area contributed by atoms with Crippen molar-refractivity contribution in [1.82, 2.24) is 5.32 Å². The van der Waals surface area contributed by atoms with Crippen LogP contribution in [0.25, 0.3) is 0 Å². The van der Waals surface area contributed by atoms with E-state index in [1.807, 2.05) is 54.6 Å². The largest absolute Gasteiger partial charge is 0.489 e. The second-order valence-electron chi connectivity index (χ2n) is 6.19. The minimum absolute atomic E-state index is 0.159. The van der Waals surface area contributed by atoms with Crippen molar-refractivity contribution in [3.05, 3.63) is 65.7 Å². The number of ether oxygens (including phenoxy) is 3. The Hall–Kier alpha value is -2.90. The summed E-state index contributed by atoms with van der Waals surface area (Å²) in [5, 5.41) is 2.60. The average Bonchev–Trinajstić information content (AvgIpc) is 2.70. The van der Waals surface area contributed by atoms with Gasteiger partial charge in [0.1, 0.15) is 25.0 Å². The Morgan fingerprint density at radius 3 is 2.50 bits per heavy atom. The molecule has 0 fully saturated rings. The van der Waals surface area contributed by atoms with Crippen molar-refractivity contribution in [2.24, 2.45) is 5.73 Å². The van der Waals surface area contributed by atoms with E-state index in [0.29, 0.717) is 25.6 Å². The van der Waals surface area contributed by atoms with Gasteiger partial charge in [0.15, 0.2) is 0 Å². The highest BCUT2D eigenvalue weighted by atomic mass is 16.5. The molecule has 0 radical (unpaired) electrons. The number of hydrogen-bond donors (Lipinski definition) is 2. The number of methoxy groups -OCH3 is 1. The van der Waals surface area contributed by atoms with Crippen molar-refractivity contribution in [1.29, 1.82) is 0 Å². The first-order chi connectivity index (χ1) is 13.6. The lowest BCUT2D eigenvalue weighted by Gasteiger charge is -2.16. The van der Waals surface area contributed by atoms with Crippen LogP contribution in [0.4, 0.5) is 0 Å². The van der Waals surface area contributed by atoms with E-state index in [1.54, 1.807) is 7.11 Å². The normalized spacial score (nSPS) is 11.6. The zero-order valence-corrected chi connectivity index (χ0v) is 15.9. The van der Waals surface area contributed by atoms with Crippen molar-refractivity contribution < 1.29 is 23.8 Å². The van der Waals surface area contributed by atoms with Crippen LogP contribution >= 0.6 is 0 Å². The van der Waals surface area contributed by atoms with Gasteiger partial charge in [-0.1, -0.05) is 42.5 Å². The lowest BCUT2D eigenvalue weighted by molar-refractivity contribution is -0.130. The monoisotopic (exact) mass is 386 g/mol. The fourth-order valence-corrected chi connectivity index (χ4v) is 2.50. The fraction of sp³-hybridized carbons (Fsp3) is 0.333. The maximum absolute atomic E-state index is 11.9. The second-order valence-corrected chi connectivity index (χ2v) is 6.19. The molecule has 0 aliphatic rings. The molecule has 0 heterocycles. The summed E-state index contributed by atoms with van der Waals surface area (Å²) >= 11 is 0. The summed E-state index contributed by atoms with van der Waals surface area (Å²) in [7, 11) is 1.55. The molecule has 0 saturated carbocycles. The van der Waals surface area contributed by atoms with Gasteiger partial charge in [-0.3, -0.25) is 9.59 Å². The lowest BCUT2D eigenvalue weighted by atomic mass is 10.1. The number of carbonyl (C=O) groups excluding carboxylic acids is 2. The number of nitrogens with two attached hydrogens (primary N) is 1. The van der Waals surface area contributed by atoms with Gasteiger partial charge in [-0.2, -0.15) is 0 Å². The molecule has 2 rings (SSSR count). The van der Waals surface area contributed by atoms with E-state index < -0.39 is 17.9 Å². The number of amides is 2. The summed E-state index contributed by atoms with van der Waals surface area (Å²) < 4.78 is 15.8. The van der Waals surface area contributed by atoms with E-state index >= 15 is 0 Å². The molecular weight excluding hydrogens is 360 g/mol. The highest BCUT2D eigenvalue weighted by Gasteiger charge is 2.19. The number of hydrogen-bond acceptors (Lipinski definition) is 5. The molecule has 0 bridgehead atoms. The summed E-state index contributed by atoms with van der Waals surface area (Å²) in [6, 6.07) is 16.4. The van der Waals surface area contributed by atoms with E-state index in [2.05, 4.69) is 5.32 Å². The number of benzene rings is 2. The standard InChI is InChI=1S/C21H26N2O5/c1-26-10-11-27-15-20(24)23-19(21(22)25)13-17-8-5-9-18(12-17)28-14-16-6-3-2-4-7-16/h2-9,12,19H,10-11,13-15H2,1H3,(H2,22,25)(H,23,24)/t19-/m0/s1. The van der Waals surface area contributed by atoms with E-state index in [0.717, 1.165) is 11.1 Å². The number of nitrogens with one attached hydrogen (secondary N) is 1. The molecule has 3 N–H and O–H groups in total. The van der Waals surface area contributed by atoms with Crippen molar-refractivity contribution in [3.8, 4) is 5.75 Å². The van der Waals surface area contributed by atoms with Gasteiger partial charge in [-0.15, -0.1) is 0 Å². The lowest BCUT2D eigenvalue weighted by Crippen LogP contribution is -2.47. The summed E-state index contributed by atoms with van der Waals surface area (Å²) in [6.45, 7) is 0.973. The molecule has 7 nitrogen and oxygen atoms in total. The molecule has 0 aliphatic heterocycles. The first-order valence-corrected chi connectivity index (χ1v) is 8.99. The van der Waals surface area contributed by atoms with Gasteiger partial charge in [-0.25, -0.2) is 0 Å². The zero-order chi connectivity index (χ0) is 20.2. The molecule has 2 aromatic carbocycles. The van der Waals surface area contributed by atoms with E-state index in [-0.39, 0.29) is 13.0 Å². The van der Waals surface area contributed by atoms with E-state index in [1.165, 1.54) is 0 Å². The van der Waals surface area contributed by atoms with Gasteiger partial charge in [-0.05, 0) is 23.3 Å². The Morgan fingerprint density at radius 2 is 1.79 bits per heavy atom. The van der Waals surface area contributed by atoms with E-state index in [9.17, 15) is 9.59 Å².